The van der Waals surface area contributed by atoms with Crippen molar-refractivity contribution in [1.82, 2.24) is 0 Å². The van der Waals surface area contributed by atoms with Crippen LogP contribution in [0.1, 0.15) is 26.7 Å². The Morgan fingerprint density at radius 1 is 1.11 bits per heavy atom. The average Bonchev–Trinajstić information content (AvgIpc) is 2.77. The molecule has 2 aromatic rings. The van der Waals surface area contributed by atoms with Gasteiger partial charge < -0.3 is 21.0 Å². The highest BCUT2D eigenvalue weighted by molar-refractivity contribution is 5.93. The van der Waals surface area contributed by atoms with Crippen molar-refractivity contribution in [3.8, 4) is 0 Å². The van der Waals surface area contributed by atoms with Crippen LogP contribution in [0.2, 0.25) is 0 Å². The molecule has 0 radical (unpaired) electrons. The number of benzene rings is 1. The van der Waals surface area contributed by atoms with E-state index < -0.39 is 11.9 Å². The molecule has 0 saturated carbocycles. The fourth-order valence-electron chi connectivity index (χ4n) is 1.20. The molecular weight excluding hydrogens is 248 g/mol. The smallest absolute Gasteiger partial charge is 0.371 e. The lowest BCUT2D eigenvalue weighted by atomic mass is 10.2. The van der Waals surface area contributed by atoms with Gasteiger partial charge in [0.15, 0.2) is 0 Å². The Kier molecular flexibility index (Phi) is 4.70. The van der Waals surface area contributed by atoms with E-state index in [4.69, 9.17) is 21.0 Å². The molecule has 100 valence electrons. The summed E-state index contributed by atoms with van der Waals surface area (Å²) in [5, 5.41) is 8.30. The summed E-state index contributed by atoms with van der Waals surface area (Å²) in [4.78, 5) is 20.6. The van der Waals surface area contributed by atoms with Crippen molar-refractivity contribution in [3.05, 3.63) is 53.5 Å². The Morgan fingerprint density at radius 2 is 1.68 bits per heavy atom. The molecule has 0 spiro atoms. The van der Waals surface area contributed by atoms with Crippen molar-refractivity contribution in [2.24, 2.45) is 5.73 Å². The van der Waals surface area contributed by atoms with Crippen LogP contribution in [0.4, 0.5) is 5.69 Å². The lowest BCUT2D eigenvalue weighted by Crippen LogP contribution is -2.10. The Balaban J connectivity index is 0.000000191. The minimum Gasteiger partial charge on any atom is -0.475 e. The molecule has 0 saturated heterocycles. The van der Waals surface area contributed by atoms with Crippen molar-refractivity contribution < 1.29 is 19.1 Å². The molecule has 1 heterocycles. The number of amides is 1. The highest BCUT2D eigenvalue weighted by atomic mass is 16.4. The highest BCUT2D eigenvalue weighted by Gasteiger charge is 2.04. The Labute approximate surface area is 109 Å². The number of nitrogens with two attached hydrogens (primary N) is 2. The lowest BCUT2D eigenvalue weighted by Gasteiger charge is -1.93. The SMILES string of the molecule is Cc1ccc(C(=O)O)o1.NC(=O)c1ccc(N)cc1. The standard InChI is InChI=1S/C7H8N2O.C6H6O3/c8-6-3-1-5(2-4-6)7(9)10;1-4-2-3-5(9-4)6(7)8/h1-4H,8H2,(H2,9,10);2-3H,1H3,(H,7,8). The molecule has 19 heavy (non-hydrogen) atoms. The predicted octanol–water partition coefficient (Wildman–Crippen LogP) is 1.65. The number of carboxylic acids is 1. The second-order valence-corrected chi connectivity index (χ2v) is 3.70. The van der Waals surface area contributed by atoms with Gasteiger partial charge in [0.2, 0.25) is 11.7 Å². The first-order valence-corrected chi connectivity index (χ1v) is 5.35. The summed E-state index contributed by atoms with van der Waals surface area (Å²) in [5.74, 6) is -0.844. The van der Waals surface area contributed by atoms with E-state index in [0.29, 0.717) is 17.0 Å². The normalized spacial score (nSPS) is 9.32. The number of aromatic carboxylic acids is 1. The second-order valence-electron chi connectivity index (χ2n) is 3.70. The number of aryl methyl sites for hydroxylation is 1. The number of carboxylic acid groups (broad SMARTS) is 1. The number of primary amides is 1. The lowest BCUT2D eigenvalue weighted by molar-refractivity contribution is 0.0660. The second kappa shape index (κ2) is 6.25. The maximum atomic E-state index is 10.5. The number of hydrogen-bond donors (Lipinski definition) is 3. The van der Waals surface area contributed by atoms with Crippen LogP contribution in [0.25, 0.3) is 0 Å². The average molecular weight is 262 g/mol. The number of nitrogen functional groups attached to an aromatic ring is 1. The van der Waals surface area contributed by atoms with E-state index >= 15 is 0 Å². The zero-order chi connectivity index (χ0) is 14.4. The highest BCUT2D eigenvalue weighted by Crippen LogP contribution is 2.05. The van der Waals surface area contributed by atoms with Gasteiger partial charge in [0.05, 0.1) is 0 Å². The van der Waals surface area contributed by atoms with Gasteiger partial charge in [-0.15, -0.1) is 0 Å². The number of anilines is 1. The van der Waals surface area contributed by atoms with Crippen LogP contribution in [-0.4, -0.2) is 17.0 Å². The first kappa shape index (κ1) is 14.3. The van der Waals surface area contributed by atoms with Crippen molar-refractivity contribution in [1.29, 1.82) is 0 Å². The molecule has 0 aliphatic carbocycles. The minimum atomic E-state index is -1.02. The van der Waals surface area contributed by atoms with E-state index in [0.717, 1.165) is 0 Å². The van der Waals surface area contributed by atoms with E-state index in [1.165, 1.54) is 6.07 Å². The summed E-state index contributed by atoms with van der Waals surface area (Å²) in [6.45, 7) is 1.70. The van der Waals surface area contributed by atoms with Crippen LogP contribution in [0.3, 0.4) is 0 Å². The molecule has 2 rings (SSSR count). The van der Waals surface area contributed by atoms with Gasteiger partial charge in [0.25, 0.3) is 0 Å². The molecule has 6 heteroatoms. The maximum absolute atomic E-state index is 10.5. The van der Waals surface area contributed by atoms with Gasteiger partial charge in [0.1, 0.15) is 5.76 Å². The molecule has 0 bridgehead atoms. The summed E-state index contributed by atoms with van der Waals surface area (Å²) in [7, 11) is 0. The van der Waals surface area contributed by atoms with E-state index in [-0.39, 0.29) is 5.76 Å². The van der Waals surface area contributed by atoms with E-state index in [2.05, 4.69) is 0 Å². The van der Waals surface area contributed by atoms with Crippen LogP contribution >= 0.6 is 0 Å². The first-order chi connectivity index (χ1) is 8.90. The van der Waals surface area contributed by atoms with E-state index in [1.54, 1.807) is 37.3 Å². The van der Waals surface area contributed by atoms with E-state index in [1.807, 2.05) is 0 Å². The molecular formula is C13H14N2O4. The molecule has 6 nitrogen and oxygen atoms in total. The minimum absolute atomic E-state index is 0.00694. The van der Waals surface area contributed by atoms with Gasteiger partial charge in [-0.1, -0.05) is 0 Å². The van der Waals surface area contributed by atoms with Crippen LogP contribution in [-0.2, 0) is 0 Å². The number of carbonyl (C=O) groups excluding carboxylic acids is 1. The van der Waals surface area contributed by atoms with Gasteiger partial charge in [-0.25, -0.2) is 4.79 Å². The van der Waals surface area contributed by atoms with Gasteiger partial charge in [-0.05, 0) is 43.3 Å². The molecule has 0 aliphatic heterocycles. The summed E-state index contributed by atoms with van der Waals surface area (Å²) >= 11 is 0. The molecule has 1 aromatic carbocycles. The van der Waals surface area contributed by atoms with Gasteiger partial charge >= 0.3 is 5.97 Å². The zero-order valence-corrected chi connectivity index (χ0v) is 10.3. The van der Waals surface area contributed by atoms with Crippen molar-refractivity contribution in [2.45, 2.75) is 6.92 Å². The molecule has 0 aliphatic rings. The Morgan fingerprint density at radius 3 is 2.00 bits per heavy atom. The largest absolute Gasteiger partial charge is 0.475 e. The number of furan rings is 1. The fraction of sp³-hybridized carbons (Fsp3) is 0.0769. The monoisotopic (exact) mass is 262 g/mol. The summed E-state index contributed by atoms with van der Waals surface area (Å²) in [6.07, 6.45) is 0. The molecule has 0 atom stereocenters. The third-order valence-corrected chi connectivity index (χ3v) is 2.15. The predicted molar refractivity (Wildman–Crippen MR) is 69.8 cm³/mol. The fourth-order valence-corrected chi connectivity index (χ4v) is 1.20. The number of rotatable bonds is 2. The number of hydrogen-bond acceptors (Lipinski definition) is 4. The molecule has 0 unspecified atom stereocenters. The quantitative estimate of drug-likeness (QED) is 0.711. The number of carbonyl (C=O) groups is 2. The Bertz CT molecular complexity index is 573. The molecule has 1 amide bonds. The third kappa shape index (κ3) is 4.55. The van der Waals surface area contributed by atoms with Gasteiger partial charge in [0, 0.05) is 11.3 Å². The van der Waals surface area contributed by atoms with E-state index in [9.17, 15) is 9.59 Å². The summed E-state index contributed by atoms with van der Waals surface area (Å²) < 4.78 is 4.75. The van der Waals surface area contributed by atoms with Crippen LogP contribution in [0, 0.1) is 6.92 Å². The summed E-state index contributed by atoms with van der Waals surface area (Å²) in [5.41, 5.74) is 11.5. The van der Waals surface area contributed by atoms with Gasteiger partial charge in [-0.3, -0.25) is 4.79 Å². The molecule has 5 N–H and O–H groups in total. The van der Waals surface area contributed by atoms with Crippen LogP contribution in [0.5, 0.6) is 0 Å². The van der Waals surface area contributed by atoms with Crippen molar-refractivity contribution in [3.63, 3.8) is 0 Å². The topological polar surface area (TPSA) is 120 Å². The van der Waals surface area contributed by atoms with Crippen LogP contribution in [0.15, 0.2) is 40.8 Å². The van der Waals surface area contributed by atoms with Crippen LogP contribution < -0.4 is 11.5 Å². The van der Waals surface area contributed by atoms with Crippen molar-refractivity contribution in [2.75, 3.05) is 5.73 Å². The Hall–Kier alpha value is -2.76. The zero-order valence-electron chi connectivity index (χ0n) is 10.3. The molecule has 0 fully saturated rings. The first-order valence-electron chi connectivity index (χ1n) is 5.35. The van der Waals surface area contributed by atoms with Crippen molar-refractivity contribution >= 4 is 17.6 Å². The molecule has 1 aromatic heterocycles. The van der Waals surface area contributed by atoms with Gasteiger partial charge in [-0.2, -0.15) is 0 Å². The third-order valence-electron chi connectivity index (χ3n) is 2.15. The summed E-state index contributed by atoms with van der Waals surface area (Å²) in [6, 6.07) is 9.51. The maximum Gasteiger partial charge on any atom is 0.371 e.